The van der Waals surface area contributed by atoms with Gasteiger partial charge in [0.15, 0.2) is 0 Å². The van der Waals surface area contributed by atoms with Crippen LogP contribution in [0, 0.1) is 16.7 Å². The molecule has 1 spiro atoms. The van der Waals surface area contributed by atoms with Gasteiger partial charge in [0.2, 0.25) is 5.91 Å². The fourth-order valence-electron chi connectivity index (χ4n) is 5.22. The van der Waals surface area contributed by atoms with Gasteiger partial charge in [-0.15, -0.1) is 5.06 Å². The molecule has 1 aromatic rings. The second-order valence-corrected chi connectivity index (χ2v) is 10.6. The summed E-state index contributed by atoms with van der Waals surface area (Å²) < 4.78 is 29.9. The summed E-state index contributed by atoms with van der Waals surface area (Å²) in [5.74, 6) is -4.06. The molecule has 2 saturated heterocycles. The Kier molecular flexibility index (Phi) is 7.81. The van der Waals surface area contributed by atoms with Gasteiger partial charge in [0.25, 0.3) is 5.92 Å². The van der Waals surface area contributed by atoms with Crippen molar-refractivity contribution in [2.24, 2.45) is 5.41 Å². The van der Waals surface area contributed by atoms with Crippen LogP contribution in [-0.4, -0.2) is 72.2 Å². The first-order valence-electron chi connectivity index (χ1n) is 12.8. The lowest BCUT2D eigenvalue weighted by atomic mass is 9.72. The molecule has 10 heteroatoms. The predicted molar refractivity (Wildman–Crippen MR) is 129 cm³/mol. The van der Waals surface area contributed by atoms with Crippen molar-refractivity contribution >= 4 is 12.0 Å². The van der Waals surface area contributed by atoms with Crippen molar-refractivity contribution in [3.63, 3.8) is 0 Å². The molecule has 2 aliphatic heterocycles. The summed E-state index contributed by atoms with van der Waals surface area (Å²) >= 11 is 0. The zero-order valence-electron chi connectivity index (χ0n) is 20.8. The first-order valence-corrected chi connectivity index (χ1v) is 12.8. The largest absolute Gasteiger partial charge is 0.426 e. The number of benzene rings is 1. The van der Waals surface area contributed by atoms with Crippen molar-refractivity contribution in [3.8, 4) is 6.07 Å². The predicted octanol–water partition coefficient (Wildman–Crippen LogP) is 3.24. The Morgan fingerprint density at radius 2 is 1.83 bits per heavy atom. The quantitative estimate of drug-likeness (QED) is 0.509. The number of rotatable bonds is 10. The number of hydrogen-bond acceptors (Lipinski definition) is 6. The molecule has 0 radical (unpaired) electrons. The minimum absolute atomic E-state index is 0.267. The maximum Gasteiger partial charge on any atom is 0.426 e. The van der Waals surface area contributed by atoms with Crippen molar-refractivity contribution in [1.29, 1.82) is 5.26 Å². The summed E-state index contributed by atoms with van der Waals surface area (Å²) in [5.41, 5.74) is -0.343. The molecule has 36 heavy (non-hydrogen) atoms. The highest BCUT2D eigenvalue weighted by Crippen LogP contribution is 2.40. The van der Waals surface area contributed by atoms with E-state index in [0.29, 0.717) is 31.5 Å². The number of nitriles is 1. The van der Waals surface area contributed by atoms with Crippen molar-refractivity contribution < 1.29 is 23.2 Å². The minimum Gasteiger partial charge on any atom is -0.351 e. The number of alkyl halides is 2. The Morgan fingerprint density at radius 1 is 1.17 bits per heavy atom. The van der Waals surface area contributed by atoms with Crippen molar-refractivity contribution in [3.05, 3.63) is 35.9 Å². The summed E-state index contributed by atoms with van der Waals surface area (Å²) in [4.78, 5) is 33.3. The lowest BCUT2D eigenvalue weighted by Crippen LogP contribution is -2.60. The number of likely N-dealkylation sites (tertiary alicyclic amines) is 1. The van der Waals surface area contributed by atoms with Gasteiger partial charge in [-0.1, -0.05) is 37.3 Å². The number of carbonyl (C=O) groups is 2. The third-order valence-corrected chi connectivity index (χ3v) is 7.40. The number of hydrogen-bond donors (Lipinski definition) is 2. The summed E-state index contributed by atoms with van der Waals surface area (Å²) in [7, 11) is 0. The molecule has 0 unspecified atom stereocenters. The molecule has 4 rings (SSSR count). The van der Waals surface area contributed by atoms with Crippen LogP contribution in [-0.2, 0) is 16.1 Å². The average Bonchev–Trinajstić information content (AvgIpc) is 3.59. The van der Waals surface area contributed by atoms with E-state index in [1.807, 2.05) is 6.07 Å². The number of nitrogens with zero attached hydrogens (tertiary/aromatic N) is 3. The number of hydroxylamine groups is 2. The van der Waals surface area contributed by atoms with Gasteiger partial charge in [-0.25, -0.2) is 13.6 Å². The average molecular weight is 504 g/mol. The van der Waals surface area contributed by atoms with Crippen LogP contribution in [0.1, 0.15) is 51.0 Å². The Morgan fingerprint density at radius 3 is 2.42 bits per heavy atom. The van der Waals surface area contributed by atoms with Gasteiger partial charge in [0, 0.05) is 39.0 Å². The van der Waals surface area contributed by atoms with E-state index in [4.69, 9.17) is 4.84 Å². The standard InChI is InChI=1S/C26H35F2N5O3/c1-2-12-32-18-24(19-32)10-13-33(14-11-24)36-23(35)30-21(22(34)31-25(17-29)8-9-25)16-26(27,28)15-20-6-4-3-5-7-20/h3-7,21H,2,8-16,18-19H2,1H3,(H,30,35)(H,31,34)/t21-/m0/s1. The van der Waals surface area contributed by atoms with Crippen molar-refractivity contribution in [2.75, 3.05) is 32.7 Å². The molecule has 196 valence electrons. The van der Waals surface area contributed by atoms with E-state index in [2.05, 4.69) is 22.5 Å². The summed E-state index contributed by atoms with van der Waals surface area (Å²) in [5, 5.41) is 15.7. The van der Waals surface area contributed by atoms with Crippen LogP contribution in [0.2, 0.25) is 0 Å². The van der Waals surface area contributed by atoms with Crippen LogP contribution in [0.5, 0.6) is 0 Å². The summed E-state index contributed by atoms with van der Waals surface area (Å²) in [6.07, 6.45) is 1.41. The van der Waals surface area contributed by atoms with Crippen LogP contribution in [0.4, 0.5) is 13.6 Å². The van der Waals surface area contributed by atoms with E-state index >= 15 is 0 Å². The van der Waals surface area contributed by atoms with E-state index in [1.165, 1.54) is 5.06 Å². The van der Waals surface area contributed by atoms with Gasteiger partial charge in [0.05, 0.1) is 6.07 Å². The molecular weight excluding hydrogens is 468 g/mol. The SMILES string of the molecule is CCCN1CC2(CCN(OC(=O)N[C@@H](CC(F)(F)Cc3ccccc3)C(=O)NC3(C#N)CC3)CC2)C1. The first kappa shape index (κ1) is 26.3. The van der Waals surface area contributed by atoms with E-state index in [9.17, 15) is 23.6 Å². The van der Waals surface area contributed by atoms with Crippen LogP contribution in [0.15, 0.2) is 30.3 Å². The monoisotopic (exact) mass is 503 g/mol. The van der Waals surface area contributed by atoms with Crippen LogP contribution >= 0.6 is 0 Å². The van der Waals surface area contributed by atoms with Gasteiger partial charge in [-0.2, -0.15) is 5.26 Å². The smallest absolute Gasteiger partial charge is 0.351 e. The zero-order valence-corrected chi connectivity index (χ0v) is 20.8. The number of nitrogens with one attached hydrogen (secondary N) is 2. The molecule has 1 atom stereocenters. The molecule has 2 heterocycles. The Hall–Kier alpha value is -2.77. The van der Waals surface area contributed by atoms with Crippen LogP contribution in [0.3, 0.4) is 0 Å². The number of piperidine rings is 1. The maximum atomic E-state index is 14.9. The fourth-order valence-corrected chi connectivity index (χ4v) is 5.22. The molecule has 2 N–H and O–H groups in total. The van der Waals surface area contributed by atoms with E-state index in [-0.39, 0.29) is 5.41 Å². The van der Waals surface area contributed by atoms with E-state index < -0.39 is 42.3 Å². The van der Waals surface area contributed by atoms with Crippen LogP contribution < -0.4 is 10.6 Å². The number of halogens is 2. The molecular formula is C26H35F2N5O3. The molecule has 0 aromatic heterocycles. The lowest BCUT2D eigenvalue weighted by Gasteiger charge is -2.53. The highest BCUT2D eigenvalue weighted by Gasteiger charge is 2.48. The van der Waals surface area contributed by atoms with E-state index in [1.54, 1.807) is 30.3 Å². The second-order valence-electron chi connectivity index (χ2n) is 10.6. The number of carbonyl (C=O) groups excluding carboxylic acids is 2. The highest BCUT2D eigenvalue weighted by atomic mass is 19.3. The topological polar surface area (TPSA) is 97.7 Å². The minimum atomic E-state index is -3.26. The second kappa shape index (κ2) is 10.7. The normalized spacial score (nSPS) is 21.6. The third kappa shape index (κ3) is 6.71. The van der Waals surface area contributed by atoms with E-state index in [0.717, 1.165) is 38.9 Å². The Labute approximate surface area is 210 Å². The lowest BCUT2D eigenvalue weighted by molar-refractivity contribution is -0.155. The van der Waals surface area contributed by atoms with Gasteiger partial charge in [-0.3, -0.25) is 4.79 Å². The van der Waals surface area contributed by atoms with Gasteiger partial charge in [-0.05, 0) is 49.6 Å². The molecule has 3 aliphatic rings. The Bertz CT molecular complexity index is 964. The molecule has 1 aromatic carbocycles. The molecule has 2 amide bonds. The molecule has 1 saturated carbocycles. The third-order valence-electron chi connectivity index (χ3n) is 7.40. The maximum absolute atomic E-state index is 14.9. The van der Waals surface area contributed by atoms with Gasteiger partial charge in [0.1, 0.15) is 11.6 Å². The van der Waals surface area contributed by atoms with Gasteiger partial charge < -0.3 is 20.4 Å². The highest BCUT2D eigenvalue weighted by molar-refractivity contribution is 5.86. The first-order chi connectivity index (χ1) is 17.2. The molecule has 8 nitrogen and oxygen atoms in total. The van der Waals surface area contributed by atoms with Crippen molar-refractivity contribution in [2.45, 2.75) is 69.4 Å². The summed E-state index contributed by atoms with van der Waals surface area (Å²) in [6, 6.07) is 8.73. The molecule has 1 aliphatic carbocycles. The summed E-state index contributed by atoms with van der Waals surface area (Å²) in [6.45, 7) is 6.49. The number of amides is 2. The van der Waals surface area contributed by atoms with Crippen LogP contribution in [0.25, 0.3) is 0 Å². The van der Waals surface area contributed by atoms with Crippen molar-refractivity contribution in [1.82, 2.24) is 20.6 Å². The van der Waals surface area contributed by atoms with Gasteiger partial charge >= 0.3 is 6.09 Å². The Balaban J connectivity index is 1.32. The fraction of sp³-hybridized carbons (Fsp3) is 0.654. The molecule has 0 bridgehead atoms. The zero-order chi connectivity index (χ0) is 25.8. The molecule has 3 fully saturated rings.